The van der Waals surface area contributed by atoms with Gasteiger partial charge in [-0.3, -0.25) is 0 Å². The van der Waals surface area contributed by atoms with E-state index in [0.29, 0.717) is 12.5 Å². The topological polar surface area (TPSA) is 72.9 Å². The Balaban J connectivity index is 2.71. The number of carbonyl (C=O) groups excluding carboxylic acids is 1. The van der Waals surface area contributed by atoms with Crippen LogP contribution in [0.25, 0.3) is 0 Å². The molecule has 0 aliphatic carbocycles. The van der Waals surface area contributed by atoms with Crippen LogP contribution in [-0.4, -0.2) is 43.9 Å². The molecule has 0 aromatic heterocycles. The maximum Gasteiger partial charge on any atom is 0.410 e. The number of hydrogen-bond donors (Lipinski definition) is 0. The number of hydrogen-bond acceptors (Lipinski definition) is 5. The number of ether oxygens (including phenoxy) is 1. The average Bonchev–Trinajstić information content (AvgIpc) is 2.55. The average molecular weight is 305 g/mol. The van der Waals surface area contributed by atoms with Crippen molar-refractivity contribution in [2.45, 2.75) is 45.8 Å². The maximum atomic E-state index is 12.1. The molecule has 20 heavy (non-hydrogen) atoms. The van der Waals surface area contributed by atoms with Crippen LogP contribution in [0.5, 0.6) is 0 Å². The molecule has 0 bridgehead atoms. The van der Waals surface area contributed by atoms with E-state index in [4.69, 9.17) is 4.74 Å². The fourth-order valence-electron chi connectivity index (χ4n) is 2.02. The van der Waals surface area contributed by atoms with Crippen molar-refractivity contribution in [1.82, 2.24) is 4.90 Å². The zero-order valence-electron chi connectivity index (χ0n) is 12.6. The lowest BCUT2D eigenvalue weighted by atomic mass is 10.1. The Kier molecular flexibility index (Phi) is 5.07. The van der Waals surface area contributed by atoms with Crippen molar-refractivity contribution in [3.05, 3.63) is 12.3 Å². The van der Waals surface area contributed by atoms with E-state index in [1.807, 2.05) is 27.7 Å². The second-order valence-corrected chi connectivity index (χ2v) is 7.77. The van der Waals surface area contributed by atoms with E-state index in [-0.39, 0.29) is 6.04 Å². The van der Waals surface area contributed by atoms with Gasteiger partial charge in [0.15, 0.2) is 0 Å². The molecular formula is C13H23NO5S. The van der Waals surface area contributed by atoms with E-state index in [1.54, 1.807) is 11.0 Å². The van der Waals surface area contributed by atoms with Crippen LogP contribution < -0.4 is 0 Å². The Morgan fingerprint density at radius 3 is 2.45 bits per heavy atom. The van der Waals surface area contributed by atoms with Crippen LogP contribution in [0, 0.1) is 5.92 Å². The summed E-state index contributed by atoms with van der Waals surface area (Å²) in [6.45, 7) is 8.04. The van der Waals surface area contributed by atoms with Crippen molar-refractivity contribution in [2.24, 2.45) is 5.92 Å². The normalized spacial score (nSPS) is 24.1. The summed E-state index contributed by atoms with van der Waals surface area (Å²) >= 11 is 0. The van der Waals surface area contributed by atoms with Gasteiger partial charge in [0, 0.05) is 6.54 Å². The van der Waals surface area contributed by atoms with Gasteiger partial charge >= 0.3 is 16.2 Å². The predicted octanol–water partition coefficient (Wildman–Crippen LogP) is 2.12. The maximum absolute atomic E-state index is 12.1. The van der Waals surface area contributed by atoms with Gasteiger partial charge in [0.2, 0.25) is 0 Å². The predicted molar refractivity (Wildman–Crippen MR) is 75.6 cm³/mol. The first kappa shape index (κ1) is 16.8. The van der Waals surface area contributed by atoms with Gasteiger partial charge in [-0.05, 0) is 39.2 Å². The van der Waals surface area contributed by atoms with Crippen molar-refractivity contribution >= 4 is 16.2 Å². The first-order chi connectivity index (χ1) is 8.98. The number of amides is 1. The molecule has 0 radical (unpaired) electrons. The van der Waals surface area contributed by atoms with Gasteiger partial charge in [0.05, 0.1) is 12.3 Å². The molecule has 2 atom stereocenters. The summed E-state index contributed by atoms with van der Waals surface area (Å²) in [6, 6.07) is -0.207. The molecule has 0 unspecified atom stereocenters. The molecule has 7 heteroatoms. The van der Waals surface area contributed by atoms with Gasteiger partial charge < -0.3 is 13.8 Å². The van der Waals surface area contributed by atoms with Gasteiger partial charge in [0.1, 0.15) is 11.9 Å². The largest absolute Gasteiger partial charge is 0.444 e. The summed E-state index contributed by atoms with van der Waals surface area (Å²) in [5, 5.41) is 0. The lowest BCUT2D eigenvalue weighted by Gasteiger charge is -2.27. The van der Waals surface area contributed by atoms with Crippen LogP contribution in [0.1, 0.15) is 34.1 Å². The highest BCUT2D eigenvalue weighted by Gasteiger charge is 2.34. The van der Waals surface area contributed by atoms with Gasteiger partial charge in [-0.15, -0.1) is 0 Å². The monoisotopic (exact) mass is 305 g/mol. The van der Waals surface area contributed by atoms with Gasteiger partial charge in [-0.2, -0.15) is 8.42 Å². The number of rotatable bonds is 3. The first-order valence-electron chi connectivity index (χ1n) is 6.52. The van der Waals surface area contributed by atoms with Crippen molar-refractivity contribution in [3.8, 4) is 0 Å². The van der Waals surface area contributed by atoms with E-state index in [2.05, 4.69) is 4.18 Å². The minimum Gasteiger partial charge on any atom is -0.444 e. The van der Waals surface area contributed by atoms with E-state index >= 15 is 0 Å². The number of carbonyl (C=O) groups is 1. The van der Waals surface area contributed by atoms with Crippen molar-refractivity contribution in [1.29, 1.82) is 0 Å². The molecule has 1 saturated heterocycles. The summed E-state index contributed by atoms with van der Waals surface area (Å²) in [5.41, 5.74) is -0.555. The minimum absolute atomic E-state index is 0.207. The molecular weight excluding hydrogens is 282 g/mol. The van der Waals surface area contributed by atoms with Crippen molar-refractivity contribution in [3.63, 3.8) is 0 Å². The van der Waals surface area contributed by atoms with Crippen molar-refractivity contribution < 1.29 is 22.1 Å². The van der Waals surface area contributed by atoms with Gasteiger partial charge in [-0.25, -0.2) is 4.79 Å². The van der Waals surface area contributed by atoms with Crippen LogP contribution in [0.2, 0.25) is 0 Å². The molecule has 1 rings (SSSR count). The zero-order valence-corrected chi connectivity index (χ0v) is 13.4. The second kappa shape index (κ2) is 6.03. The summed E-state index contributed by atoms with van der Waals surface area (Å²) in [4.78, 5) is 13.7. The standard InChI is InChI=1S/C13H23NO5S/c1-10-8-11(6-7-18-20(5,16)17)14(9-10)12(15)19-13(2,3)4/h6-7,10-11H,8-9H2,1-5H3/b7-6+/t10-,11-/m1/s1. The fourth-order valence-corrected chi connectivity index (χ4v) is 2.29. The molecule has 0 spiro atoms. The van der Waals surface area contributed by atoms with E-state index in [0.717, 1.165) is 18.9 Å². The zero-order chi connectivity index (χ0) is 15.6. The fraction of sp³-hybridized carbons (Fsp3) is 0.769. The molecule has 0 aromatic rings. The second-order valence-electron chi connectivity index (χ2n) is 6.17. The van der Waals surface area contributed by atoms with Crippen molar-refractivity contribution in [2.75, 3.05) is 12.8 Å². The summed E-state index contributed by atoms with van der Waals surface area (Å²) < 4.78 is 31.7. The highest BCUT2D eigenvalue weighted by atomic mass is 32.2. The lowest BCUT2D eigenvalue weighted by molar-refractivity contribution is 0.0250. The third-order valence-corrected chi connectivity index (χ3v) is 3.17. The Hall–Kier alpha value is -1.24. The van der Waals surface area contributed by atoms with E-state index in [9.17, 15) is 13.2 Å². The smallest absolute Gasteiger partial charge is 0.410 e. The SMILES string of the molecule is C[C@@H]1C[C@@H](/C=C/OS(C)(=O)=O)N(C(=O)OC(C)(C)C)C1. The summed E-state index contributed by atoms with van der Waals surface area (Å²) in [6.07, 6.45) is 4.03. The molecule has 1 heterocycles. The highest BCUT2D eigenvalue weighted by molar-refractivity contribution is 7.86. The van der Waals surface area contributed by atoms with Crippen LogP contribution >= 0.6 is 0 Å². The Morgan fingerprint density at radius 1 is 1.35 bits per heavy atom. The molecule has 6 nitrogen and oxygen atoms in total. The summed E-state index contributed by atoms with van der Waals surface area (Å²) in [5.74, 6) is 0.329. The number of nitrogens with zero attached hydrogens (tertiary/aromatic N) is 1. The third-order valence-electron chi connectivity index (χ3n) is 2.71. The molecule has 0 N–H and O–H groups in total. The summed E-state index contributed by atoms with van der Waals surface area (Å²) in [7, 11) is -3.52. The quantitative estimate of drug-likeness (QED) is 0.590. The molecule has 1 fully saturated rings. The van der Waals surface area contributed by atoms with E-state index in [1.165, 1.54) is 0 Å². The molecule has 1 aliphatic rings. The van der Waals surface area contributed by atoms with Gasteiger partial charge in [-0.1, -0.05) is 6.92 Å². The first-order valence-corrected chi connectivity index (χ1v) is 8.34. The van der Waals surface area contributed by atoms with E-state index < -0.39 is 21.8 Å². The third kappa shape index (κ3) is 5.81. The molecule has 1 aliphatic heterocycles. The minimum atomic E-state index is -3.52. The Labute approximate surface area is 120 Å². The highest BCUT2D eigenvalue weighted by Crippen LogP contribution is 2.25. The Bertz CT molecular complexity index is 477. The Morgan fingerprint density at radius 2 is 1.95 bits per heavy atom. The molecule has 0 saturated carbocycles. The molecule has 1 amide bonds. The number of likely N-dealkylation sites (tertiary alicyclic amines) is 1. The lowest BCUT2D eigenvalue weighted by Crippen LogP contribution is -2.39. The van der Waals surface area contributed by atoms with Crippen LogP contribution in [0.4, 0.5) is 4.79 Å². The van der Waals surface area contributed by atoms with Gasteiger partial charge in [0.25, 0.3) is 0 Å². The van der Waals surface area contributed by atoms with Crippen LogP contribution in [0.15, 0.2) is 12.3 Å². The van der Waals surface area contributed by atoms with Crippen LogP contribution in [0.3, 0.4) is 0 Å². The molecule has 116 valence electrons. The molecule has 0 aromatic carbocycles. The van der Waals surface area contributed by atoms with Crippen LogP contribution in [-0.2, 0) is 19.0 Å².